The minimum absolute atomic E-state index is 0.118. The Morgan fingerprint density at radius 3 is 2.70 bits per heavy atom. The van der Waals surface area contributed by atoms with Crippen molar-refractivity contribution >= 4 is 17.2 Å². The van der Waals surface area contributed by atoms with E-state index in [1.54, 1.807) is 35.6 Å². The van der Waals surface area contributed by atoms with Crippen molar-refractivity contribution in [3.8, 4) is 16.3 Å². The fraction of sp³-hybridized carbons (Fsp3) is 0.400. The molecule has 1 fully saturated rings. The summed E-state index contributed by atoms with van der Waals surface area (Å²) in [5.74, 6) is 0.453. The number of halogens is 1. The van der Waals surface area contributed by atoms with Crippen LogP contribution in [0.5, 0.6) is 5.75 Å². The van der Waals surface area contributed by atoms with Crippen molar-refractivity contribution in [1.82, 2.24) is 19.8 Å². The second kappa shape index (κ2) is 9.97. The first-order valence-electron chi connectivity index (χ1n) is 11.1. The summed E-state index contributed by atoms with van der Waals surface area (Å²) in [7, 11) is 3.53. The van der Waals surface area contributed by atoms with Crippen LogP contribution < -0.4 is 4.74 Å². The number of hydrogen-bond acceptors (Lipinski definition) is 6. The molecular weight excluding hydrogens is 439 g/mol. The summed E-state index contributed by atoms with van der Waals surface area (Å²) in [6.07, 6.45) is 3.63. The van der Waals surface area contributed by atoms with Crippen molar-refractivity contribution in [2.45, 2.75) is 39.3 Å². The van der Waals surface area contributed by atoms with Crippen LogP contribution in [-0.4, -0.2) is 59.0 Å². The Hall–Kier alpha value is -2.84. The molecule has 0 aliphatic carbocycles. The van der Waals surface area contributed by atoms with E-state index in [9.17, 15) is 9.18 Å². The highest BCUT2D eigenvalue weighted by atomic mass is 32.1. The van der Waals surface area contributed by atoms with E-state index in [0.29, 0.717) is 16.3 Å². The predicted octanol–water partition coefficient (Wildman–Crippen LogP) is 4.71. The summed E-state index contributed by atoms with van der Waals surface area (Å²) in [5, 5.41) is 2.24. The molecule has 3 heterocycles. The third kappa shape index (κ3) is 4.91. The van der Waals surface area contributed by atoms with Crippen LogP contribution in [-0.2, 0) is 6.54 Å². The van der Waals surface area contributed by atoms with E-state index in [4.69, 9.17) is 4.74 Å². The third-order valence-corrected chi connectivity index (χ3v) is 7.25. The SMILES string of the molecule is COc1c(C)cnc(CN2CCC(N(C)C(=O)c3csc(-c4ccccc4F)n3)CC2)c1C. The van der Waals surface area contributed by atoms with E-state index in [-0.39, 0.29) is 17.8 Å². The third-order valence-electron chi connectivity index (χ3n) is 6.38. The fourth-order valence-corrected chi connectivity index (χ4v) is 5.20. The van der Waals surface area contributed by atoms with Crippen molar-refractivity contribution in [1.29, 1.82) is 0 Å². The number of aryl methyl sites for hydroxylation is 1. The molecule has 174 valence electrons. The minimum atomic E-state index is -0.331. The monoisotopic (exact) mass is 468 g/mol. The van der Waals surface area contributed by atoms with Crippen molar-refractivity contribution in [2.24, 2.45) is 0 Å². The topological polar surface area (TPSA) is 58.6 Å². The number of amides is 1. The molecule has 0 spiro atoms. The first-order valence-corrected chi connectivity index (χ1v) is 12.0. The van der Waals surface area contributed by atoms with Gasteiger partial charge in [0.2, 0.25) is 0 Å². The molecule has 1 aliphatic heterocycles. The Morgan fingerprint density at radius 2 is 2.00 bits per heavy atom. The molecule has 1 aromatic carbocycles. The van der Waals surface area contributed by atoms with E-state index < -0.39 is 0 Å². The number of ether oxygens (including phenoxy) is 1. The van der Waals surface area contributed by atoms with E-state index in [2.05, 4.69) is 21.8 Å². The Balaban J connectivity index is 1.36. The van der Waals surface area contributed by atoms with Gasteiger partial charge in [-0.3, -0.25) is 14.7 Å². The molecule has 1 saturated heterocycles. The number of hydrogen-bond donors (Lipinski definition) is 0. The summed E-state index contributed by atoms with van der Waals surface area (Å²) in [6, 6.07) is 6.65. The standard InChI is InChI=1S/C25H29FN4O2S/c1-16-13-27-21(17(2)23(16)32-4)14-30-11-9-18(10-12-30)29(3)25(31)22-15-33-24(28-22)19-7-5-6-8-20(19)26/h5-8,13,15,18H,9-12,14H2,1-4H3. The number of nitrogens with zero attached hydrogens (tertiary/aromatic N) is 4. The number of pyridine rings is 1. The second-order valence-corrected chi connectivity index (χ2v) is 9.35. The van der Waals surface area contributed by atoms with Gasteiger partial charge in [0.1, 0.15) is 22.3 Å². The highest BCUT2D eigenvalue weighted by Gasteiger charge is 2.28. The van der Waals surface area contributed by atoms with Gasteiger partial charge in [-0.2, -0.15) is 0 Å². The van der Waals surface area contributed by atoms with Gasteiger partial charge in [0, 0.05) is 61.0 Å². The van der Waals surface area contributed by atoms with Crippen molar-refractivity contribution in [3.63, 3.8) is 0 Å². The van der Waals surface area contributed by atoms with Gasteiger partial charge in [-0.1, -0.05) is 12.1 Å². The molecule has 1 amide bonds. The highest BCUT2D eigenvalue weighted by molar-refractivity contribution is 7.13. The van der Waals surface area contributed by atoms with Gasteiger partial charge in [-0.15, -0.1) is 11.3 Å². The average Bonchev–Trinajstić information content (AvgIpc) is 3.31. The Labute approximate surface area is 198 Å². The van der Waals surface area contributed by atoms with E-state index >= 15 is 0 Å². The highest BCUT2D eigenvalue weighted by Crippen LogP contribution is 2.28. The van der Waals surface area contributed by atoms with Gasteiger partial charge in [-0.05, 0) is 38.8 Å². The van der Waals surface area contributed by atoms with Crippen LogP contribution >= 0.6 is 11.3 Å². The van der Waals surface area contributed by atoms with Gasteiger partial charge < -0.3 is 9.64 Å². The lowest BCUT2D eigenvalue weighted by Gasteiger charge is -2.36. The van der Waals surface area contributed by atoms with Gasteiger partial charge in [0.15, 0.2) is 0 Å². The summed E-state index contributed by atoms with van der Waals surface area (Å²) in [5.41, 5.74) is 3.95. The van der Waals surface area contributed by atoms with E-state index in [0.717, 1.165) is 55.0 Å². The number of carbonyl (C=O) groups is 1. The number of piperidine rings is 1. The summed E-state index contributed by atoms with van der Waals surface area (Å²) in [6.45, 7) is 6.60. The maximum Gasteiger partial charge on any atom is 0.273 e. The Bertz CT molecular complexity index is 1140. The van der Waals surface area contributed by atoms with Crippen molar-refractivity contribution in [3.05, 3.63) is 64.2 Å². The van der Waals surface area contributed by atoms with Crippen LogP contribution in [0.1, 0.15) is 40.2 Å². The molecule has 4 rings (SSSR count). The minimum Gasteiger partial charge on any atom is -0.496 e. The number of methoxy groups -OCH3 is 1. The molecule has 0 unspecified atom stereocenters. The molecule has 3 aromatic rings. The first-order chi connectivity index (χ1) is 15.9. The van der Waals surface area contributed by atoms with Crippen LogP contribution in [0.3, 0.4) is 0 Å². The van der Waals surface area contributed by atoms with Crippen LogP contribution in [0.25, 0.3) is 10.6 Å². The average molecular weight is 469 g/mol. The zero-order valence-electron chi connectivity index (χ0n) is 19.5. The summed E-state index contributed by atoms with van der Waals surface area (Å²) >= 11 is 1.29. The largest absolute Gasteiger partial charge is 0.496 e. The molecule has 0 atom stereocenters. The zero-order chi connectivity index (χ0) is 23.5. The van der Waals surface area contributed by atoms with Crippen LogP contribution in [0.2, 0.25) is 0 Å². The number of rotatable bonds is 6. The van der Waals surface area contributed by atoms with Gasteiger partial charge >= 0.3 is 0 Å². The van der Waals surface area contributed by atoms with Crippen LogP contribution in [0.15, 0.2) is 35.8 Å². The molecule has 0 bridgehead atoms. The smallest absolute Gasteiger partial charge is 0.273 e. The van der Waals surface area contributed by atoms with Gasteiger partial charge in [0.05, 0.1) is 12.8 Å². The summed E-state index contributed by atoms with van der Waals surface area (Å²) < 4.78 is 19.6. The number of thiazole rings is 1. The number of carbonyl (C=O) groups excluding carboxylic acids is 1. The quantitative estimate of drug-likeness (QED) is 0.525. The normalized spacial score (nSPS) is 14.9. The Morgan fingerprint density at radius 1 is 1.27 bits per heavy atom. The number of aromatic nitrogens is 2. The number of likely N-dealkylation sites (tertiary alicyclic amines) is 1. The van der Waals surface area contributed by atoms with E-state index in [1.165, 1.54) is 17.4 Å². The molecular formula is C25H29FN4O2S. The lowest BCUT2D eigenvalue weighted by atomic mass is 10.0. The van der Waals surface area contributed by atoms with Crippen molar-refractivity contribution < 1.29 is 13.9 Å². The van der Waals surface area contributed by atoms with Gasteiger partial charge in [-0.25, -0.2) is 9.37 Å². The first kappa shape index (κ1) is 23.3. The molecule has 8 heteroatoms. The van der Waals surface area contributed by atoms with Gasteiger partial charge in [0.25, 0.3) is 5.91 Å². The number of benzene rings is 1. The molecule has 1 aliphatic rings. The molecule has 0 radical (unpaired) electrons. The lowest BCUT2D eigenvalue weighted by molar-refractivity contribution is 0.0630. The summed E-state index contributed by atoms with van der Waals surface area (Å²) in [4.78, 5) is 26.2. The molecule has 0 N–H and O–H groups in total. The van der Waals surface area contributed by atoms with E-state index in [1.807, 2.05) is 20.2 Å². The molecule has 33 heavy (non-hydrogen) atoms. The van der Waals surface area contributed by atoms with Crippen LogP contribution in [0, 0.1) is 19.7 Å². The van der Waals surface area contributed by atoms with Crippen LogP contribution in [0.4, 0.5) is 4.39 Å². The second-order valence-electron chi connectivity index (χ2n) is 8.49. The Kier molecular flexibility index (Phi) is 7.05. The zero-order valence-corrected chi connectivity index (χ0v) is 20.3. The lowest BCUT2D eigenvalue weighted by Crippen LogP contribution is -2.45. The molecule has 6 nitrogen and oxygen atoms in total. The molecule has 0 saturated carbocycles. The van der Waals surface area contributed by atoms with Crippen molar-refractivity contribution in [2.75, 3.05) is 27.2 Å². The maximum atomic E-state index is 14.1. The molecule has 2 aromatic heterocycles. The maximum absolute atomic E-state index is 14.1. The predicted molar refractivity (Wildman–Crippen MR) is 128 cm³/mol. The fourth-order valence-electron chi connectivity index (χ4n) is 4.38.